The molecule has 2 bridgehead atoms. The van der Waals surface area contributed by atoms with Gasteiger partial charge in [-0.25, -0.2) is 4.79 Å². The van der Waals surface area contributed by atoms with Crippen LogP contribution in [0, 0.1) is 17.8 Å². The quantitative estimate of drug-likeness (QED) is 0.499. The minimum Gasteiger partial charge on any atom is -0.478 e. The summed E-state index contributed by atoms with van der Waals surface area (Å²) in [6, 6.07) is 0. The Morgan fingerprint density at radius 3 is 2.75 bits per heavy atom. The van der Waals surface area contributed by atoms with E-state index in [9.17, 15) is 4.79 Å². The lowest BCUT2D eigenvalue weighted by molar-refractivity contribution is -0.131. The highest BCUT2D eigenvalue weighted by molar-refractivity contribution is 5.79. The van der Waals surface area contributed by atoms with E-state index >= 15 is 0 Å². The monoisotopic (exact) mass is 164 g/mol. The van der Waals surface area contributed by atoms with Gasteiger partial charge in [-0.1, -0.05) is 18.2 Å². The Kier molecular flexibility index (Phi) is 1.75. The molecule has 0 unspecified atom stereocenters. The predicted molar refractivity (Wildman–Crippen MR) is 45.6 cm³/mol. The van der Waals surface area contributed by atoms with Crippen molar-refractivity contribution in [1.82, 2.24) is 0 Å². The van der Waals surface area contributed by atoms with Crippen LogP contribution in [0.3, 0.4) is 0 Å². The lowest BCUT2D eigenvalue weighted by Crippen LogP contribution is -2.03. The van der Waals surface area contributed by atoms with Gasteiger partial charge in [0.05, 0.1) is 0 Å². The van der Waals surface area contributed by atoms with Gasteiger partial charge in [-0.15, -0.1) is 0 Å². The first-order valence-electron chi connectivity index (χ1n) is 4.35. The molecule has 0 aromatic carbocycles. The zero-order chi connectivity index (χ0) is 8.55. The number of rotatable bonds is 2. The average Bonchev–Trinajstić information content (AvgIpc) is 2.60. The number of aliphatic carboxylic acids is 1. The molecule has 0 saturated heterocycles. The van der Waals surface area contributed by atoms with Crippen molar-refractivity contribution in [1.29, 1.82) is 0 Å². The summed E-state index contributed by atoms with van der Waals surface area (Å²) in [6.07, 6.45) is 9.98. The number of carboxylic acid groups (broad SMARTS) is 1. The molecule has 2 aliphatic carbocycles. The Morgan fingerprint density at radius 2 is 2.25 bits per heavy atom. The normalized spacial score (nSPS) is 38.2. The van der Waals surface area contributed by atoms with Gasteiger partial charge in [-0.05, 0) is 30.6 Å². The highest BCUT2D eigenvalue weighted by atomic mass is 16.4. The molecule has 0 radical (unpaired) electrons. The summed E-state index contributed by atoms with van der Waals surface area (Å²) in [5, 5.41) is 8.44. The van der Waals surface area contributed by atoms with Crippen molar-refractivity contribution in [3.8, 4) is 0 Å². The Hall–Kier alpha value is -1.05. The van der Waals surface area contributed by atoms with Crippen LogP contribution < -0.4 is 0 Å². The minimum atomic E-state index is -0.832. The molecule has 2 nitrogen and oxygen atoms in total. The Morgan fingerprint density at radius 1 is 1.42 bits per heavy atom. The van der Waals surface area contributed by atoms with Crippen molar-refractivity contribution in [2.75, 3.05) is 0 Å². The van der Waals surface area contributed by atoms with Crippen molar-refractivity contribution < 1.29 is 9.90 Å². The Bertz CT molecular complexity index is 253. The van der Waals surface area contributed by atoms with Crippen LogP contribution in [-0.2, 0) is 4.79 Å². The van der Waals surface area contributed by atoms with Crippen molar-refractivity contribution in [2.24, 2.45) is 17.8 Å². The van der Waals surface area contributed by atoms with E-state index in [2.05, 4.69) is 12.2 Å². The van der Waals surface area contributed by atoms with Gasteiger partial charge in [0.25, 0.3) is 0 Å². The maximum atomic E-state index is 10.3. The van der Waals surface area contributed by atoms with Crippen LogP contribution in [-0.4, -0.2) is 11.1 Å². The van der Waals surface area contributed by atoms with Crippen LogP contribution in [0.5, 0.6) is 0 Å². The number of carboxylic acids is 1. The van der Waals surface area contributed by atoms with Gasteiger partial charge in [0.2, 0.25) is 0 Å². The first-order chi connectivity index (χ1) is 5.75. The van der Waals surface area contributed by atoms with Gasteiger partial charge < -0.3 is 5.11 Å². The summed E-state index contributed by atoms with van der Waals surface area (Å²) >= 11 is 0. The summed E-state index contributed by atoms with van der Waals surface area (Å²) in [6.45, 7) is 0. The number of carbonyl (C=O) groups is 1. The van der Waals surface area contributed by atoms with Gasteiger partial charge in [0.15, 0.2) is 0 Å². The Labute approximate surface area is 71.6 Å². The van der Waals surface area contributed by atoms with Crippen LogP contribution in [0.4, 0.5) is 0 Å². The highest BCUT2D eigenvalue weighted by Crippen LogP contribution is 2.43. The Balaban J connectivity index is 1.99. The molecule has 12 heavy (non-hydrogen) atoms. The molecule has 2 rings (SSSR count). The van der Waals surface area contributed by atoms with Crippen molar-refractivity contribution in [2.45, 2.75) is 12.8 Å². The summed E-state index contributed by atoms with van der Waals surface area (Å²) in [7, 11) is 0. The van der Waals surface area contributed by atoms with Crippen molar-refractivity contribution >= 4 is 5.97 Å². The molecule has 0 heterocycles. The average molecular weight is 164 g/mol. The zero-order valence-electron chi connectivity index (χ0n) is 6.81. The van der Waals surface area contributed by atoms with Gasteiger partial charge in [0, 0.05) is 6.08 Å². The second-order valence-corrected chi connectivity index (χ2v) is 3.64. The number of hydrogen-bond acceptors (Lipinski definition) is 1. The summed E-state index contributed by atoms with van der Waals surface area (Å²) in [5.74, 6) is 0.988. The molecule has 0 aromatic rings. The largest absolute Gasteiger partial charge is 0.478 e. The van der Waals surface area contributed by atoms with Crippen molar-refractivity contribution in [3.63, 3.8) is 0 Å². The molecule has 0 amide bonds. The lowest BCUT2D eigenvalue weighted by atomic mass is 9.93. The third-order valence-corrected chi connectivity index (χ3v) is 2.82. The van der Waals surface area contributed by atoms with E-state index in [1.165, 1.54) is 12.5 Å². The lowest BCUT2D eigenvalue weighted by Gasteiger charge is -2.12. The first kappa shape index (κ1) is 7.59. The predicted octanol–water partition coefficient (Wildman–Crippen LogP) is 1.84. The van der Waals surface area contributed by atoms with Crippen LogP contribution in [0.25, 0.3) is 0 Å². The van der Waals surface area contributed by atoms with Crippen LogP contribution in [0.15, 0.2) is 24.3 Å². The molecular formula is C10H12O2. The van der Waals surface area contributed by atoms with E-state index < -0.39 is 5.97 Å². The van der Waals surface area contributed by atoms with Gasteiger partial charge in [-0.3, -0.25) is 0 Å². The SMILES string of the molecule is O=C(O)C=C[C@H]1C[C@H]2C=C[C@H]1C2. The molecule has 2 heteroatoms. The van der Waals surface area contributed by atoms with Crippen molar-refractivity contribution in [3.05, 3.63) is 24.3 Å². The fourth-order valence-corrected chi connectivity index (χ4v) is 2.25. The van der Waals surface area contributed by atoms with Gasteiger partial charge in [-0.2, -0.15) is 0 Å². The standard InChI is InChI=1S/C10H12O2/c11-10(12)4-3-9-6-7-1-2-8(9)5-7/h1-4,7-9H,5-6H2,(H,11,12)/t7-,8-,9-/m0/s1. The number of allylic oxidation sites excluding steroid dienone is 3. The van der Waals surface area contributed by atoms with E-state index in [-0.39, 0.29) is 0 Å². The van der Waals surface area contributed by atoms with E-state index in [4.69, 9.17) is 5.11 Å². The first-order valence-corrected chi connectivity index (χ1v) is 4.35. The molecule has 1 saturated carbocycles. The molecular weight excluding hydrogens is 152 g/mol. The molecule has 0 aromatic heterocycles. The molecule has 1 N–H and O–H groups in total. The van der Waals surface area contributed by atoms with E-state index in [0.29, 0.717) is 11.8 Å². The second-order valence-electron chi connectivity index (χ2n) is 3.64. The smallest absolute Gasteiger partial charge is 0.327 e. The number of hydrogen-bond donors (Lipinski definition) is 1. The van der Waals surface area contributed by atoms with Crippen LogP contribution in [0.1, 0.15) is 12.8 Å². The third-order valence-electron chi connectivity index (χ3n) is 2.82. The second kappa shape index (κ2) is 2.77. The van der Waals surface area contributed by atoms with E-state index in [1.807, 2.05) is 6.08 Å². The third kappa shape index (κ3) is 1.29. The number of fused-ring (bicyclic) bond motifs is 2. The van der Waals surface area contributed by atoms with E-state index in [1.54, 1.807) is 0 Å². The molecule has 0 aliphatic heterocycles. The molecule has 3 atom stereocenters. The van der Waals surface area contributed by atoms with Gasteiger partial charge in [0.1, 0.15) is 0 Å². The molecule has 1 fully saturated rings. The maximum Gasteiger partial charge on any atom is 0.327 e. The summed E-state index contributed by atoms with van der Waals surface area (Å²) < 4.78 is 0. The summed E-state index contributed by atoms with van der Waals surface area (Å²) in [5.41, 5.74) is 0. The molecule has 2 aliphatic rings. The molecule has 64 valence electrons. The van der Waals surface area contributed by atoms with Crippen LogP contribution in [0.2, 0.25) is 0 Å². The van der Waals surface area contributed by atoms with Crippen LogP contribution >= 0.6 is 0 Å². The van der Waals surface area contributed by atoms with Gasteiger partial charge >= 0.3 is 5.97 Å². The summed E-state index contributed by atoms with van der Waals surface area (Å²) in [4.78, 5) is 10.3. The maximum absolute atomic E-state index is 10.3. The topological polar surface area (TPSA) is 37.3 Å². The highest BCUT2D eigenvalue weighted by Gasteiger charge is 2.33. The fraction of sp³-hybridized carbons (Fsp3) is 0.500. The van der Waals surface area contributed by atoms with E-state index in [0.717, 1.165) is 12.3 Å². The molecule has 0 spiro atoms. The zero-order valence-corrected chi connectivity index (χ0v) is 6.81. The minimum absolute atomic E-state index is 0.482. The fourth-order valence-electron chi connectivity index (χ4n) is 2.25.